The Labute approximate surface area is 167 Å². The molecule has 2 aromatic heterocycles. The van der Waals surface area contributed by atoms with Crippen LogP contribution in [0.1, 0.15) is 39.0 Å². The van der Waals surface area contributed by atoms with Gasteiger partial charge in [-0.05, 0) is 56.7 Å². The number of carboxylic acids is 1. The summed E-state index contributed by atoms with van der Waals surface area (Å²) >= 11 is 0. The molecular weight excluding hydrogens is 375 g/mol. The van der Waals surface area contributed by atoms with Crippen LogP contribution in [-0.2, 0) is 6.54 Å². The lowest BCUT2D eigenvalue weighted by atomic mass is 10.0. The predicted molar refractivity (Wildman–Crippen MR) is 105 cm³/mol. The number of carbonyl (C=O) groups is 2. The molecule has 7 nitrogen and oxygen atoms in total. The minimum Gasteiger partial charge on any atom is -0.478 e. The number of pyridine rings is 1. The van der Waals surface area contributed by atoms with E-state index in [4.69, 9.17) is 5.11 Å². The summed E-state index contributed by atoms with van der Waals surface area (Å²) in [5.74, 6) is -2.16. The second-order valence-electron chi connectivity index (χ2n) is 6.98. The lowest BCUT2D eigenvalue weighted by molar-refractivity contribution is 0.0696. The van der Waals surface area contributed by atoms with Crippen LogP contribution in [0, 0.1) is 19.7 Å². The molecule has 1 amide bonds. The van der Waals surface area contributed by atoms with Gasteiger partial charge in [0.15, 0.2) is 0 Å². The number of nitrogens with zero attached hydrogens (tertiary/aromatic N) is 3. The van der Waals surface area contributed by atoms with Gasteiger partial charge >= 0.3 is 5.97 Å². The van der Waals surface area contributed by atoms with Gasteiger partial charge in [-0.15, -0.1) is 0 Å². The van der Waals surface area contributed by atoms with Gasteiger partial charge < -0.3 is 10.4 Å². The molecular formula is C21H21FN4O3. The number of aryl methyl sites for hydroxylation is 2. The quantitative estimate of drug-likeness (QED) is 0.667. The zero-order chi connectivity index (χ0) is 21.1. The lowest BCUT2D eigenvalue weighted by Gasteiger charge is -2.15. The van der Waals surface area contributed by atoms with E-state index in [9.17, 15) is 14.0 Å². The molecule has 8 heteroatoms. The third-order valence-electron chi connectivity index (χ3n) is 4.41. The third kappa shape index (κ3) is 4.84. The van der Waals surface area contributed by atoms with Crippen molar-refractivity contribution in [3.63, 3.8) is 0 Å². The summed E-state index contributed by atoms with van der Waals surface area (Å²) in [6, 6.07) is 6.99. The molecule has 3 rings (SSSR count). The third-order valence-corrected chi connectivity index (χ3v) is 4.41. The van der Waals surface area contributed by atoms with Gasteiger partial charge in [0.05, 0.1) is 17.8 Å². The minimum atomic E-state index is -1.13. The summed E-state index contributed by atoms with van der Waals surface area (Å²) in [4.78, 5) is 27.6. The first kappa shape index (κ1) is 20.2. The van der Waals surface area contributed by atoms with Crippen LogP contribution in [-0.4, -0.2) is 37.8 Å². The Bertz CT molecular complexity index is 1080. The van der Waals surface area contributed by atoms with Gasteiger partial charge in [-0.3, -0.25) is 14.5 Å². The highest BCUT2D eigenvalue weighted by Gasteiger charge is 2.15. The average molecular weight is 396 g/mol. The van der Waals surface area contributed by atoms with Gasteiger partial charge in [0.2, 0.25) is 0 Å². The number of benzene rings is 1. The highest BCUT2D eigenvalue weighted by Crippen LogP contribution is 2.22. The second kappa shape index (κ2) is 8.22. The van der Waals surface area contributed by atoms with E-state index in [0.29, 0.717) is 17.7 Å². The number of nitrogens with one attached hydrogen (secondary N) is 1. The van der Waals surface area contributed by atoms with Crippen LogP contribution in [0.25, 0.3) is 11.1 Å². The van der Waals surface area contributed by atoms with E-state index in [1.807, 2.05) is 26.8 Å². The van der Waals surface area contributed by atoms with Crippen molar-refractivity contribution in [2.75, 3.05) is 0 Å². The van der Waals surface area contributed by atoms with Crippen LogP contribution in [0.5, 0.6) is 0 Å². The molecule has 150 valence electrons. The number of amides is 1. The largest absolute Gasteiger partial charge is 0.478 e. The Morgan fingerprint density at radius 2 is 1.83 bits per heavy atom. The van der Waals surface area contributed by atoms with Crippen molar-refractivity contribution in [3.8, 4) is 11.1 Å². The first-order chi connectivity index (χ1) is 13.7. The number of hydrogen-bond donors (Lipinski definition) is 2. The van der Waals surface area contributed by atoms with Crippen molar-refractivity contribution < 1.29 is 19.1 Å². The van der Waals surface area contributed by atoms with Gasteiger partial charge in [-0.2, -0.15) is 5.10 Å². The summed E-state index contributed by atoms with van der Waals surface area (Å²) in [5.41, 5.74) is 2.79. The molecule has 0 bridgehead atoms. The van der Waals surface area contributed by atoms with Crippen molar-refractivity contribution in [1.29, 1.82) is 0 Å². The Morgan fingerprint density at radius 1 is 1.10 bits per heavy atom. The van der Waals surface area contributed by atoms with Crippen LogP contribution in [0.15, 0.2) is 42.7 Å². The van der Waals surface area contributed by atoms with Crippen molar-refractivity contribution >= 4 is 11.9 Å². The van der Waals surface area contributed by atoms with Crippen LogP contribution in [0.2, 0.25) is 0 Å². The average Bonchev–Trinajstić information content (AvgIpc) is 2.98. The second-order valence-corrected chi connectivity index (χ2v) is 6.98. The fraction of sp³-hybridized carbons (Fsp3) is 0.238. The molecule has 0 aliphatic heterocycles. The maximum absolute atomic E-state index is 14.1. The number of halogens is 1. The number of carboxylic acid groups (broad SMARTS) is 1. The Balaban J connectivity index is 1.80. The Kier molecular flexibility index (Phi) is 5.72. The first-order valence-electron chi connectivity index (χ1n) is 9.04. The van der Waals surface area contributed by atoms with E-state index < -0.39 is 17.7 Å². The number of aromatic nitrogens is 3. The molecule has 2 N–H and O–H groups in total. The molecule has 0 saturated heterocycles. The van der Waals surface area contributed by atoms with Gasteiger partial charge in [0.1, 0.15) is 5.82 Å². The molecule has 2 heterocycles. The van der Waals surface area contributed by atoms with E-state index in [0.717, 1.165) is 17.5 Å². The van der Waals surface area contributed by atoms with Crippen LogP contribution >= 0.6 is 0 Å². The molecule has 1 aromatic carbocycles. The normalized spacial score (nSPS) is 11.9. The van der Waals surface area contributed by atoms with E-state index in [2.05, 4.69) is 15.4 Å². The summed E-state index contributed by atoms with van der Waals surface area (Å²) in [7, 11) is 0. The van der Waals surface area contributed by atoms with Crippen LogP contribution < -0.4 is 5.32 Å². The fourth-order valence-electron chi connectivity index (χ4n) is 3.07. The van der Waals surface area contributed by atoms with Gasteiger partial charge in [-0.25, -0.2) is 9.18 Å². The van der Waals surface area contributed by atoms with Crippen molar-refractivity contribution in [1.82, 2.24) is 20.1 Å². The number of carbonyl (C=O) groups excluding carboxylic acids is 1. The molecule has 0 aliphatic rings. The first-order valence-corrected chi connectivity index (χ1v) is 9.04. The van der Waals surface area contributed by atoms with Crippen molar-refractivity contribution in [2.24, 2.45) is 0 Å². The summed E-state index contributed by atoms with van der Waals surface area (Å²) < 4.78 is 15.9. The number of aromatic carboxylic acids is 1. The lowest BCUT2D eigenvalue weighted by Crippen LogP contribution is -2.36. The highest BCUT2D eigenvalue weighted by atomic mass is 19.1. The highest BCUT2D eigenvalue weighted by molar-refractivity contribution is 5.96. The molecule has 1 unspecified atom stereocenters. The van der Waals surface area contributed by atoms with Crippen molar-refractivity contribution in [3.05, 3.63) is 71.1 Å². The maximum Gasteiger partial charge on any atom is 0.337 e. The van der Waals surface area contributed by atoms with E-state index in [1.54, 1.807) is 4.68 Å². The van der Waals surface area contributed by atoms with E-state index >= 15 is 0 Å². The molecule has 1 atom stereocenters. The molecule has 0 aliphatic carbocycles. The van der Waals surface area contributed by atoms with E-state index in [-0.39, 0.29) is 17.2 Å². The predicted octanol–water partition coefficient (Wildman–Crippen LogP) is 3.22. The smallest absolute Gasteiger partial charge is 0.337 e. The number of rotatable bonds is 6. The summed E-state index contributed by atoms with van der Waals surface area (Å²) in [6.45, 7) is 6.16. The fourth-order valence-corrected chi connectivity index (χ4v) is 3.07. The molecule has 0 saturated carbocycles. The zero-order valence-corrected chi connectivity index (χ0v) is 16.3. The molecule has 0 fully saturated rings. The molecule has 0 spiro atoms. The maximum atomic E-state index is 14.1. The van der Waals surface area contributed by atoms with E-state index in [1.165, 1.54) is 30.6 Å². The van der Waals surface area contributed by atoms with Crippen LogP contribution in [0.4, 0.5) is 4.39 Å². The Morgan fingerprint density at radius 3 is 2.48 bits per heavy atom. The number of hydrogen-bond acceptors (Lipinski definition) is 4. The zero-order valence-electron chi connectivity index (χ0n) is 16.3. The van der Waals surface area contributed by atoms with Gasteiger partial charge in [0, 0.05) is 35.3 Å². The minimum absolute atomic E-state index is 0.0173. The summed E-state index contributed by atoms with van der Waals surface area (Å²) in [5, 5.41) is 16.3. The van der Waals surface area contributed by atoms with Crippen molar-refractivity contribution in [2.45, 2.75) is 33.4 Å². The molecule has 0 radical (unpaired) electrons. The SMILES string of the molecule is Cc1cc(C)n(CC(C)NC(=O)c2cc(F)cc(-c3cncc(C(=O)O)c3)c2)n1. The summed E-state index contributed by atoms with van der Waals surface area (Å²) in [6.07, 6.45) is 2.63. The van der Waals surface area contributed by atoms with Gasteiger partial charge in [-0.1, -0.05) is 0 Å². The standard InChI is InChI=1S/C21H21FN4O3/c1-12-4-14(3)26(25-12)11-13(2)24-20(27)16-5-15(7-19(22)8-16)17-6-18(21(28)29)10-23-9-17/h4-10,13H,11H2,1-3H3,(H,24,27)(H,28,29). The molecule has 29 heavy (non-hydrogen) atoms. The van der Waals surface area contributed by atoms with Crippen LogP contribution in [0.3, 0.4) is 0 Å². The Hall–Kier alpha value is -3.55. The van der Waals surface area contributed by atoms with Gasteiger partial charge in [0.25, 0.3) is 5.91 Å². The topological polar surface area (TPSA) is 97.1 Å². The molecule has 3 aromatic rings. The monoisotopic (exact) mass is 396 g/mol.